The number of halogens is 1. The Labute approximate surface area is 132 Å². The van der Waals surface area contributed by atoms with Crippen molar-refractivity contribution in [3.63, 3.8) is 0 Å². The molecule has 0 heterocycles. The van der Waals surface area contributed by atoms with Crippen LogP contribution in [0.5, 0.6) is 0 Å². The van der Waals surface area contributed by atoms with Gasteiger partial charge in [0.1, 0.15) is 16.7 Å². The van der Waals surface area contributed by atoms with Gasteiger partial charge < -0.3 is 10.6 Å². The number of hydrogen-bond donors (Lipinski definition) is 2. The number of hydrogen-bond acceptors (Lipinski definition) is 5. The first kappa shape index (κ1) is 17.5. The fourth-order valence-corrected chi connectivity index (χ4v) is 1.55. The molecule has 1 amide bonds. The minimum atomic E-state index is -0.670. The van der Waals surface area contributed by atoms with Crippen molar-refractivity contribution in [2.75, 3.05) is 5.32 Å². The molecule has 0 saturated carbocycles. The quantitative estimate of drug-likeness (QED) is 0.383. The highest BCUT2D eigenvalue weighted by Crippen LogP contribution is 2.27. The molecule has 0 aliphatic carbocycles. The molecule has 0 radical (unpaired) electrons. The highest BCUT2D eigenvalue weighted by atomic mass is 35.5. The fraction of sp³-hybridized carbons (Fsp3) is 0.286. The molecular weight excluding hydrogens is 308 g/mol. The third-order valence-electron chi connectivity index (χ3n) is 2.42. The van der Waals surface area contributed by atoms with Crippen LogP contribution >= 0.6 is 11.6 Å². The fourth-order valence-electron chi connectivity index (χ4n) is 1.37. The smallest absolute Gasteiger partial charge is 0.289 e. The van der Waals surface area contributed by atoms with Crippen LogP contribution in [0.3, 0.4) is 0 Å². The van der Waals surface area contributed by atoms with Gasteiger partial charge >= 0.3 is 0 Å². The Hall–Kier alpha value is -2.59. The normalized spacial score (nSPS) is 11.5. The minimum Gasteiger partial charge on any atom is -0.385 e. The summed E-state index contributed by atoms with van der Waals surface area (Å²) in [4.78, 5) is 22.1. The van der Waals surface area contributed by atoms with Crippen molar-refractivity contribution in [3.05, 3.63) is 45.1 Å². The van der Waals surface area contributed by atoms with Crippen molar-refractivity contribution in [3.8, 4) is 6.07 Å². The summed E-state index contributed by atoms with van der Waals surface area (Å²) >= 11 is 5.69. The van der Waals surface area contributed by atoms with Crippen LogP contribution in [0.2, 0.25) is 5.02 Å². The summed E-state index contributed by atoms with van der Waals surface area (Å²) in [5, 5.41) is 25.1. The summed E-state index contributed by atoms with van der Waals surface area (Å²) in [6.07, 6.45) is 1.31. The highest BCUT2D eigenvalue weighted by molar-refractivity contribution is 6.32. The first-order valence-corrected chi connectivity index (χ1v) is 6.65. The summed E-state index contributed by atoms with van der Waals surface area (Å²) in [6.45, 7) is 5.62. The molecule has 0 aliphatic heterocycles. The van der Waals surface area contributed by atoms with Gasteiger partial charge in [-0.3, -0.25) is 14.9 Å². The van der Waals surface area contributed by atoms with E-state index in [4.69, 9.17) is 16.9 Å². The minimum absolute atomic E-state index is 0.0338. The van der Waals surface area contributed by atoms with Gasteiger partial charge in [0.2, 0.25) is 0 Å². The Morgan fingerprint density at radius 1 is 1.45 bits per heavy atom. The van der Waals surface area contributed by atoms with Crippen molar-refractivity contribution in [1.29, 1.82) is 5.26 Å². The molecule has 1 aromatic carbocycles. The number of benzene rings is 1. The molecule has 0 bridgehead atoms. The molecular formula is C14H15ClN4O3. The third kappa shape index (κ3) is 5.07. The van der Waals surface area contributed by atoms with Crippen LogP contribution in [0.25, 0.3) is 0 Å². The molecule has 0 fully saturated rings. The Balaban J connectivity index is 2.94. The maximum Gasteiger partial charge on any atom is 0.289 e. The Bertz CT molecular complexity index is 672. The van der Waals surface area contributed by atoms with E-state index in [-0.39, 0.29) is 27.5 Å². The summed E-state index contributed by atoms with van der Waals surface area (Å²) < 4.78 is 0. The standard InChI is InChI=1S/C14H15ClN4O3/c1-14(2,3)17-8-9(7-16)13(20)18-10-4-5-11(15)12(6-10)19(21)22/h4-6,8,17H,1-3H3,(H,18,20)/b9-8-. The SMILES string of the molecule is CC(C)(C)N/C=C(/C#N)C(=O)Nc1ccc(Cl)c([N+](=O)[O-])c1. The number of nitro groups is 1. The number of nitrogens with zero attached hydrogens (tertiary/aromatic N) is 2. The maximum absolute atomic E-state index is 12.0. The number of rotatable bonds is 4. The molecule has 2 N–H and O–H groups in total. The van der Waals surface area contributed by atoms with Crippen LogP contribution in [0.4, 0.5) is 11.4 Å². The first-order valence-electron chi connectivity index (χ1n) is 6.27. The lowest BCUT2D eigenvalue weighted by Crippen LogP contribution is -2.32. The zero-order chi connectivity index (χ0) is 16.9. The Morgan fingerprint density at radius 2 is 2.09 bits per heavy atom. The van der Waals surface area contributed by atoms with E-state index in [0.717, 1.165) is 6.07 Å². The molecule has 8 heteroatoms. The van der Waals surface area contributed by atoms with Gasteiger partial charge in [-0.25, -0.2) is 0 Å². The number of nitriles is 1. The second kappa shape index (κ2) is 6.91. The predicted octanol–water partition coefficient (Wildman–Crippen LogP) is 2.98. The van der Waals surface area contributed by atoms with E-state index in [1.54, 1.807) is 6.07 Å². The van der Waals surface area contributed by atoms with Crippen LogP contribution < -0.4 is 10.6 Å². The first-order chi connectivity index (χ1) is 10.1. The topological polar surface area (TPSA) is 108 Å². The second-order valence-electron chi connectivity index (χ2n) is 5.44. The number of anilines is 1. The zero-order valence-corrected chi connectivity index (χ0v) is 13.1. The average Bonchev–Trinajstić information content (AvgIpc) is 2.40. The van der Waals surface area contributed by atoms with Gasteiger partial charge in [-0.1, -0.05) is 11.6 Å². The van der Waals surface area contributed by atoms with E-state index in [9.17, 15) is 14.9 Å². The maximum atomic E-state index is 12.0. The van der Waals surface area contributed by atoms with E-state index >= 15 is 0 Å². The predicted molar refractivity (Wildman–Crippen MR) is 83.3 cm³/mol. The van der Waals surface area contributed by atoms with Gasteiger partial charge in [0.15, 0.2) is 0 Å². The summed E-state index contributed by atoms with van der Waals surface area (Å²) in [5.74, 6) is -0.670. The number of nitrogens with one attached hydrogen (secondary N) is 2. The van der Waals surface area contributed by atoms with Crippen LogP contribution in [-0.4, -0.2) is 16.4 Å². The third-order valence-corrected chi connectivity index (χ3v) is 2.73. The van der Waals surface area contributed by atoms with E-state index in [1.807, 2.05) is 20.8 Å². The molecule has 0 atom stereocenters. The zero-order valence-electron chi connectivity index (χ0n) is 12.3. The van der Waals surface area contributed by atoms with Crippen molar-refractivity contribution >= 4 is 28.9 Å². The number of nitro benzene ring substituents is 1. The van der Waals surface area contributed by atoms with E-state index < -0.39 is 10.8 Å². The van der Waals surface area contributed by atoms with Gasteiger partial charge in [0, 0.05) is 23.5 Å². The second-order valence-corrected chi connectivity index (χ2v) is 5.85. The van der Waals surface area contributed by atoms with E-state index in [1.165, 1.54) is 18.3 Å². The summed E-state index contributed by atoms with van der Waals surface area (Å²) in [7, 11) is 0. The molecule has 22 heavy (non-hydrogen) atoms. The Morgan fingerprint density at radius 3 is 2.59 bits per heavy atom. The molecule has 7 nitrogen and oxygen atoms in total. The summed E-state index contributed by atoms with van der Waals surface area (Å²) in [5.41, 5.74) is -0.596. The van der Waals surface area contributed by atoms with E-state index in [2.05, 4.69) is 10.6 Å². The van der Waals surface area contributed by atoms with Gasteiger partial charge in [0.05, 0.1) is 4.92 Å². The molecule has 0 saturated heterocycles. The molecule has 0 unspecified atom stereocenters. The number of carbonyl (C=O) groups is 1. The molecule has 1 aromatic rings. The van der Waals surface area contributed by atoms with Gasteiger partial charge in [0.25, 0.3) is 11.6 Å². The van der Waals surface area contributed by atoms with Crippen molar-refractivity contribution in [2.45, 2.75) is 26.3 Å². The van der Waals surface area contributed by atoms with Crippen molar-refractivity contribution < 1.29 is 9.72 Å². The molecule has 0 aromatic heterocycles. The van der Waals surface area contributed by atoms with Gasteiger partial charge in [-0.15, -0.1) is 0 Å². The van der Waals surface area contributed by atoms with Crippen molar-refractivity contribution in [2.24, 2.45) is 0 Å². The molecule has 1 rings (SSSR count). The van der Waals surface area contributed by atoms with Crippen LogP contribution in [0, 0.1) is 21.4 Å². The van der Waals surface area contributed by atoms with Crippen LogP contribution in [0.1, 0.15) is 20.8 Å². The summed E-state index contributed by atoms with van der Waals surface area (Å²) in [6, 6.07) is 5.62. The average molecular weight is 323 g/mol. The number of carbonyl (C=O) groups excluding carboxylic acids is 1. The lowest BCUT2D eigenvalue weighted by atomic mass is 10.1. The van der Waals surface area contributed by atoms with Gasteiger partial charge in [-0.05, 0) is 32.9 Å². The lowest BCUT2D eigenvalue weighted by Gasteiger charge is -2.18. The molecule has 0 aliphatic rings. The van der Waals surface area contributed by atoms with Crippen molar-refractivity contribution in [1.82, 2.24) is 5.32 Å². The van der Waals surface area contributed by atoms with Gasteiger partial charge in [-0.2, -0.15) is 5.26 Å². The van der Waals surface area contributed by atoms with Crippen LogP contribution in [-0.2, 0) is 4.79 Å². The highest BCUT2D eigenvalue weighted by Gasteiger charge is 2.16. The lowest BCUT2D eigenvalue weighted by molar-refractivity contribution is -0.384. The largest absolute Gasteiger partial charge is 0.385 e. The molecule has 116 valence electrons. The van der Waals surface area contributed by atoms with Crippen LogP contribution in [0.15, 0.2) is 30.0 Å². The Kier molecular flexibility index (Phi) is 5.49. The monoisotopic (exact) mass is 322 g/mol. The van der Waals surface area contributed by atoms with E-state index in [0.29, 0.717) is 0 Å². The molecule has 0 spiro atoms. The number of amides is 1.